The van der Waals surface area contributed by atoms with E-state index in [4.69, 9.17) is 4.52 Å². The van der Waals surface area contributed by atoms with Crippen LogP contribution in [-0.4, -0.2) is 21.2 Å². The summed E-state index contributed by atoms with van der Waals surface area (Å²) >= 11 is 0. The van der Waals surface area contributed by atoms with Crippen LogP contribution in [0.25, 0.3) is 0 Å². The molecule has 2 aromatic rings. The maximum atomic E-state index is 9.87. The molecular formula is C13H14N2O3. The third-order valence-corrected chi connectivity index (χ3v) is 2.78. The van der Waals surface area contributed by atoms with Gasteiger partial charge in [-0.25, -0.2) is 0 Å². The summed E-state index contributed by atoms with van der Waals surface area (Å²) in [7, 11) is 0. The Morgan fingerprint density at radius 1 is 1.28 bits per heavy atom. The minimum absolute atomic E-state index is 0.0494. The van der Waals surface area contributed by atoms with E-state index in [-0.39, 0.29) is 11.5 Å². The van der Waals surface area contributed by atoms with Crippen molar-refractivity contribution < 1.29 is 14.8 Å². The first-order valence-corrected chi connectivity index (χ1v) is 5.50. The van der Waals surface area contributed by atoms with Crippen molar-refractivity contribution in [2.45, 2.75) is 20.8 Å². The molecule has 5 heteroatoms. The van der Waals surface area contributed by atoms with Gasteiger partial charge in [-0.15, -0.1) is 0 Å². The van der Waals surface area contributed by atoms with E-state index >= 15 is 0 Å². The molecule has 1 aromatic carbocycles. The standard InChI is InChI=1S/C13H14N2O3/c1-7-4-5-11(16)10(6-7)13(14-17)12-8(2)15-18-9(12)3/h4-6,16-17H,1-3H3/b14-13-. The molecule has 5 nitrogen and oxygen atoms in total. The van der Waals surface area contributed by atoms with E-state index in [1.54, 1.807) is 32.0 Å². The molecule has 0 spiro atoms. The van der Waals surface area contributed by atoms with Crippen molar-refractivity contribution in [1.29, 1.82) is 0 Å². The van der Waals surface area contributed by atoms with Crippen LogP contribution in [-0.2, 0) is 0 Å². The number of benzene rings is 1. The first kappa shape index (κ1) is 12.2. The highest BCUT2D eigenvalue weighted by atomic mass is 16.5. The van der Waals surface area contributed by atoms with Crippen LogP contribution in [0.15, 0.2) is 27.9 Å². The third kappa shape index (κ3) is 1.95. The topological polar surface area (TPSA) is 78.9 Å². The maximum absolute atomic E-state index is 9.87. The van der Waals surface area contributed by atoms with Gasteiger partial charge < -0.3 is 14.8 Å². The van der Waals surface area contributed by atoms with Crippen LogP contribution in [0.3, 0.4) is 0 Å². The lowest BCUT2D eigenvalue weighted by Crippen LogP contribution is -2.06. The monoisotopic (exact) mass is 246 g/mol. The van der Waals surface area contributed by atoms with Crippen LogP contribution in [0, 0.1) is 20.8 Å². The lowest BCUT2D eigenvalue weighted by Gasteiger charge is -2.07. The maximum Gasteiger partial charge on any atom is 0.143 e. The highest BCUT2D eigenvalue weighted by Crippen LogP contribution is 2.25. The smallest absolute Gasteiger partial charge is 0.143 e. The number of phenolic OH excluding ortho intramolecular Hbond substituents is 1. The zero-order valence-corrected chi connectivity index (χ0v) is 10.4. The third-order valence-electron chi connectivity index (χ3n) is 2.78. The van der Waals surface area contributed by atoms with Gasteiger partial charge in [-0.1, -0.05) is 21.9 Å². The van der Waals surface area contributed by atoms with Crippen LogP contribution in [0.5, 0.6) is 5.75 Å². The zero-order valence-electron chi connectivity index (χ0n) is 10.4. The molecule has 0 bridgehead atoms. The zero-order chi connectivity index (χ0) is 13.3. The van der Waals surface area contributed by atoms with Crippen molar-refractivity contribution in [3.63, 3.8) is 0 Å². The van der Waals surface area contributed by atoms with Gasteiger partial charge in [-0.3, -0.25) is 0 Å². The highest BCUT2D eigenvalue weighted by Gasteiger charge is 2.20. The second-order valence-corrected chi connectivity index (χ2v) is 4.17. The Kier molecular flexibility index (Phi) is 3.06. The van der Waals surface area contributed by atoms with Gasteiger partial charge in [0.05, 0.1) is 11.3 Å². The van der Waals surface area contributed by atoms with Crippen molar-refractivity contribution >= 4 is 5.71 Å². The molecule has 0 unspecified atom stereocenters. The molecule has 0 aliphatic heterocycles. The Bertz CT molecular complexity index is 595. The van der Waals surface area contributed by atoms with Crippen LogP contribution in [0.1, 0.15) is 28.1 Å². The first-order chi connectivity index (χ1) is 8.54. The summed E-state index contributed by atoms with van der Waals surface area (Å²) in [6.07, 6.45) is 0. The Morgan fingerprint density at radius 2 is 2.00 bits per heavy atom. The SMILES string of the molecule is Cc1ccc(O)c(/C(=N/O)c2c(C)noc2C)c1. The largest absolute Gasteiger partial charge is 0.507 e. The summed E-state index contributed by atoms with van der Waals surface area (Å²) in [5, 5.41) is 26.2. The number of aryl methyl sites for hydroxylation is 3. The summed E-state index contributed by atoms with van der Waals surface area (Å²) in [4.78, 5) is 0. The Labute approximate surface area is 104 Å². The van der Waals surface area contributed by atoms with E-state index in [0.717, 1.165) is 5.56 Å². The van der Waals surface area contributed by atoms with E-state index in [1.807, 2.05) is 6.92 Å². The van der Waals surface area contributed by atoms with Crippen LogP contribution < -0.4 is 0 Å². The van der Waals surface area contributed by atoms with Crippen molar-refractivity contribution in [3.8, 4) is 5.75 Å². The molecule has 18 heavy (non-hydrogen) atoms. The molecule has 94 valence electrons. The number of rotatable bonds is 2. The lowest BCUT2D eigenvalue weighted by atomic mass is 9.99. The van der Waals surface area contributed by atoms with Gasteiger partial charge in [0.25, 0.3) is 0 Å². The molecule has 0 saturated carbocycles. The van der Waals surface area contributed by atoms with Gasteiger partial charge >= 0.3 is 0 Å². The average molecular weight is 246 g/mol. The minimum Gasteiger partial charge on any atom is -0.507 e. The average Bonchev–Trinajstić information content (AvgIpc) is 2.66. The van der Waals surface area contributed by atoms with Crippen molar-refractivity contribution in [2.75, 3.05) is 0 Å². The van der Waals surface area contributed by atoms with Crippen LogP contribution in [0.2, 0.25) is 0 Å². The van der Waals surface area contributed by atoms with E-state index < -0.39 is 0 Å². The quantitative estimate of drug-likeness (QED) is 0.485. The molecule has 0 aliphatic carbocycles. The molecule has 0 radical (unpaired) electrons. The molecule has 0 saturated heterocycles. The van der Waals surface area contributed by atoms with Gasteiger partial charge in [-0.2, -0.15) is 0 Å². The summed E-state index contributed by atoms with van der Waals surface area (Å²) in [5.41, 5.74) is 2.87. The van der Waals surface area contributed by atoms with E-state index in [1.165, 1.54) is 0 Å². The minimum atomic E-state index is 0.0494. The number of aromatic hydroxyl groups is 1. The number of phenols is 1. The fourth-order valence-electron chi connectivity index (χ4n) is 1.90. The normalized spacial score (nSPS) is 11.8. The molecule has 0 aliphatic rings. The molecule has 1 heterocycles. The second-order valence-electron chi connectivity index (χ2n) is 4.17. The molecule has 2 rings (SSSR count). The number of hydrogen-bond acceptors (Lipinski definition) is 5. The summed E-state index contributed by atoms with van der Waals surface area (Å²) in [6, 6.07) is 5.09. The van der Waals surface area contributed by atoms with Crippen molar-refractivity contribution in [3.05, 3.63) is 46.3 Å². The van der Waals surface area contributed by atoms with Gasteiger partial charge in [0.2, 0.25) is 0 Å². The van der Waals surface area contributed by atoms with Gasteiger partial charge in [0.1, 0.15) is 17.2 Å². The Morgan fingerprint density at radius 3 is 2.56 bits per heavy atom. The molecule has 1 aromatic heterocycles. The highest BCUT2D eigenvalue weighted by molar-refractivity contribution is 6.15. The second kappa shape index (κ2) is 4.52. The fraction of sp³-hybridized carbons (Fsp3) is 0.231. The lowest BCUT2D eigenvalue weighted by molar-refractivity contribution is 0.319. The van der Waals surface area contributed by atoms with Crippen LogP contribution >= 0.6 is 0 Å². The summed E-state index contributed by atoms with van der Waals surface area (Å²) in [6.45, 7) is 5.38. The van der Waals surface area contributed by atoms with Crippen LogP contribution in [0.4, 0.5) is 0 Å². The molecule has 2 N–H and O–H groups in total. The summed E-state index contributed by atoms with van der Waals surface area (Å²) < 4.78 is 5.05. The van der Waals surface area contributed by atoms with Gasteiger partial charge in [0, 0.05) is 5.56 Å². The fourth-order valence-corrected chi connectivity index (χ4v) is 1.90. The Hall–Kier alpha value is -2.30. The van der Waals surface area contributed by atoms with Crippen molar-refractivity contribution in [1.82, 2.24) is 5.16 Å². The van der Waals surface area contributed by atoms with E-state index in [2.05, 4.69) is 10.3 Å². The van der Waals surface area contributed by atoms with E-state index in [9.17, 15) is 10.3 Å². The number of nitrogens with zero attached hydrogens (tertiary/aromatic N) is 2. The molecular weight excluding hydrogens is 232 g/mol. The molecule has 0 atom stereocenters. The first-order valence-electron chi connectivity index (χ1n) is 5.50. The molecule has 0 amide bonds. The number of hydrogen-bond donors (Lipinski definition) is 2. The van der Waals surface area contributed by atoms with Gasteiger partial charge in [-0.05, 0) is 32.9 Å². The number of aromatic nitrogens is 1. The predicted molar refractivity (Wildman–Crippen MR) is 66.2 cm³/mol. The van der Waals surface area contributed by atoms with Crippen molar-refractivity contribution in [2.24, 2.45) is 5.16 Å². The summed E-state index contributed by atoms with van der Waals surface area (Å²) in [5.74, 6) is 0.592. The number of oxime groups is 1. The molecule has 0 fully saturated rings. The Balaban J connectivity index is 2.64. The van der Waals surface area contributed by atoms with E-state index in [0.29, 0.717) is 22.6 Å². The predicted octanol–water partition coefficient (Wildman–Crippen LogP) is 2.53. The van der Waals surface area contributed by atoms with Gasteiger partial charge in [0.15, 0.2) is 0 Å².